The van der Waals surface area contributed by atoms with Crippen LogP contribution >= 0.6 is 23.4 Å². The summed E-state index contributed by atoms with van der Waals surface area (Å²) in [6.07, 6.45) is 2.74. The van der Waals surface area contributed by atoms with Crippen LogP contribution in [0.4, 0.5) is 0 Å². The predicted octanol–water partition coefficient (Wildman–Crippen LogP) is 3.09. The standard InChI is InChI=1S/C15H18ClNO3S/c16-12-5-3-4-11(8-12)9-21-10-13(18)17-15(14(19)20)6-1-2-7-15/h3-5,8H,1-2,6-7,9-10H2,(H,17,18)(H,19,20). The molecule has 1 amide bonds. The van der Waals surface area contributed by atoms with Gasteiger partial charge < -0.3 is 10.4 Å². The minimum absolute atomic E-state index is 0.216. The van der Waals surface area contributed by atoms with Gasteiger partial charge in [0.1, 0.15) is 5.54 Å². The Kier molecular flexibility index (Phi) is 5.53. The van der Waals surface area contributed by atoms with Crippen LogP contribution in [0.15, 0.2) is 24.3 Å². The quantitative estimate of drug-likeness (QED) is 0.842. The summed E-state index contributed by atoms with van der Waals surface area (Å²) in [4.78, 5) is 23.3. The maximum atomic E-state index is 11.9. The average molecular weight is 328 g/mol. The highest BCUT2D eigenvalue weighted by Gasteiger charge is 2.42. The number of hydrogen-bond donors (Lipinski definition) is 2. The molecular formula is C15H18ClNO3S. The van der Waals surface area contributed by atoms with Crippen molar-refractivity contribution in [2.45, 2.75) is 37.0 Å². The second-order valence-corrected chi connectivity index (χ2v) is 6.69. The van der Waals surface area contributed by atoms with E-state index >= 15 is 0 Å². The van der Waals surface area contributed by atoms with Crippen LogP contribution in [0.25, 0.3) is 0 Å². The SMILES string of the molecule is O=C(CSCc1cccc(Cl)c1)NC1(C(=O)O)CCCC1. The summed E-state index contributed by atoms with van der Waals surface area (Å²) in [5, 5.41) is 12.7. The average Bonchev–Trinajstić information content (AvgIpc) is 2.88. The van der Waals surface area contributed by atoms with Crippen LogP contribution in [0.3, 0.4) is 0 Å². The third kappa shape index (κ3) is 4.38. The number of carboxylic acid groups (broad SMARTS) is 1. The number of aliphatic carboxylic acids is 1. The van der Waals surface area contributed by atoms with E-state index in [2.05, 4.69) is 5.32 Å². The van der Waals surface area contributed by atoms with Gasteiger partial charge in [-0.15, -0.1) is 11.8 Å². The predicted molar refractivity (Wildman–Crippen MR) is 84.6 cm³/mol. The van der Waals surface area contributed by atoms with Crippen molar-refractivity contribution in [1.82, 2.24) is 5.32 Å². The summed E-state index contributed by atoms with van der Waals surface area (Å²) < 4.78 is 0. The van der Waals surface area contributed by atoms with Crippen LogP contribution in [-0.2, 0) is 15.3 Å². The summed E-state index contributed by atoms with van der Waals surface area (Å²) in [5.41, 5.74) is 0.00219. The molecule has 1 aromatic rings. The summed E-state index contributed by atoms with van der Waals surface area (Å²) in [5.74, 6) is -0.213. The maximum absolute atomic E-state index is 11.9. The highest BCUT2D eigenvalue weighted by atomic mass is 35.5. The number of carbonyl (C=O) groups is 2. The van der Waals surface area contributed by atoms with Gasteiger partial charge in [0.2, 0.25) is 5.91 Å². The number of halogens is 1. The highest BCUT2D eigenvalue weighted by molar-refractivity contribution is 7.99. The molecule has 21 heavy (non-hydrogen) atoms. The summed E-state index contributed by atoms with van der Waals surface area (Å²) in [6.45, 7) is 0. The van der Waals surface area contributed by atoms with Crippen molar-refractivity contribution >= 4 is 35.2 Å². The Morgan fingerprint density at radius 1 is 1.33 bits per heavy atom. The zero-order chi connectivity index (χ0) is 15.3. The number of carbonyl (C=O) groups excluding carboxylic acids is 1. The first-order valence-electron chi connectivity index (χ1n) is 6.88. The number of hydrogen-bond acceptors (Lipinski definition) is 3. The lowest BCUT2D eigenvalue weighted by Gasteiger charge is -2.25. The van der Waals surface area contributed by atoms with Crippen molar-refractivity contribution in [3.8, 4) is 0 Å². The summed E-state index contributed by atoms with van der Waals surface area (Å²) in [6, 6.07) is 7.49. The van der Waals surface area contributed by atoms with E-state index in [1.54, 1.807) is 6.07 Å². The lowest BCUT2D eigenvalue weighted by Crippen LogP contribution is -2.53. The molecule has 0 unspecified atom stereocenters. The van der Waals surface area contributed by atoms with E-state index in [0.717, 1.165) is 18.4 Å². The number of thioether (sulfide) groups is 1. The van der Waals surface area contributed by atoms with Gasteiger partial charge in [0.05, 0.1) is 5.75 Å². The van der Waals surface area contributed by atoms with Gasteiger partial charge in [-0.3, -0.25) is 4.79 Å². The number of carboxylic acids is 1. The Bertz CT molecular complexity index is 529. The Hall–Kier alpha value is -1.20. The van der Waals surface area contributed by atoms with Crippen molar-refractivity contribution in [3.63, 3.8) is 0 Å². The van der Waals surface area contributed by atoms with Crippen molar-refractivity contribution in [3.05, 3.63) is 34.9 Å². The summed E-state index contributed by atoms with van der Waals surface area (Å²) >= 11 is 7.35. The smallest absolute Gasteiger partial charge is 0.329 e. The van der Waals surface area contributed by atoms with Crippen molar-refractivity contribution < 1.29 is 14.7 Å². The Morgan fingerprint density at radius 3 is 2.67 bits per heavy atom. The Morgan fingerprint density at radius 2 is 2.05 bits per heavy atom. The third-order valence-corrected chi connectivity index (χ3v) is 4.87. The van der Waals surface area contributed by atoms with Crippen LogP contribution in [0.1, 0.15) is 31.2 Å². The number of benzene rings is 1. The molecule has 0 saturated heterocycles. The molecule has 0 aromatic heterocycles. The van der Waals surface area contributed by atoms with E-state index in [1.807, 2.05) is 18.2 Å². The van der Waals surface area contributed by atoms with Gasteiger partial charge in [-0.25, -0.2) is 4.79 Å². The zero-order valence-electron chi connectivity index (χ0n) is 11.6. The molecule has 1 fully saturated rings. The van der Waals surface area contributed by atoms with E-state index in [1.165, 1.54) is 11.8 Å². The third-order valence-electron chi connectivity index (χ3n) is 3.64. The minimum Gasteiger partial charge on any atom is -0.480 e. The second kappa shape index (κ2) is 7.18. The largest absolute Gasteiger partial charge is 0.480 e. The van der Waals surface area contributed by atoms with Gasteiger partial charge in [0.15, 0.2) is 0 Å². The molecule has 1 saturated carbocycles. The highest BCUT2D eigenvalue weighted by Crippen LogP contribution is 2.30. The molecule has 1 aromatic carbocycles. The minimum atomic E-state index is -1.05. The van der Waals surface area contributed by atoms with Crippen LogP contribution < -0.4 is 5.32 Å². The monoisotopic (exact) mass is 327 g/mol. The number of rotatable bonds is 6. The molecule has 1 aliphatic rings. The van der Waals surface area contributed by atoms with Crippen LogP contribution in [0.2, 0.25) is 5.02 Å². The molecule has 0 heterocycles. The van der Waals surface area contributed by atoms with Crippen LogP contribution in [0, 0.1) is 0 Å². The lowest BCUT2D eigenvalue weighted by atomic mass is 9.98. The molecule has 6 heteroatoms. The molecule has 0 atom stereocenters. The first kappa shape index (κ1) is 16.2. The molecule has 2 rings (SSSR count). The van der Waals surface area contributed by atoms with Gasteiger partial charge in [0.25, 0.3) is 0 Å². The number of amides is 1. The van der Waals surface area contributed by atoms with E-state index in [4.69, 9.17) is 11.6 Å². The van der Waals surface area contributed by atoms with E-state index in [9.17, 15) is 14.7 Å². The lowest BCUT2D eigenvalue weighted by molar-refractivity contribution is -0.147. The normalized spacial score (nSPS) is 16.6. The molecule has 0 radical (unpaired) electrons. The first-order valence-corrected chi connectivity index (χ1v) is 8.42. The molecule has 2 N–H and O–H groups in total. The van der Waals surface area contributed by atoms with Gasteiger partial charge in [-0.1, -0.05) is 36.6 Å². The fraction of sp³-hybridized carbons (Fsp3) is 0.467. The van der Waals surface area contributed by atoms with E-state index in [-0.39, 0.29) is 11.7 Å². The molecule has 0 aliphatic heterocycles. The fourth-order valence-corrected chi connectivity index (χ4v) is 3.55. The molecule has 0 spiro atoms. The van der Waals surface area contributed by atoms with E-state index in [0.29, 0.717) is 23.6 Å². The van der Waals surface area contributed by atoms with Gasteiger partial charge in [-0.05, 0) is 30.5 Å². The van der Waals surface area contributed by atoms with Crippen LogP contribution in [0.5, 0.6) is 0 Å². The van der Waals surface area contributed by atoms with Gasteiger partial charge in [0, 0.05) is 10.8 Å². The maximum Gasteiger partial charge on any atom is 0.329 e. The zero-order valence-corrected chi connectivity index (χ0v) is 13.2. The van der Waals surface area contributed by atoms with Crippen molar-refractivity contribution in [2.24, 2.45) is 0 Å². The molecule has 0 bridgehead atoms. The molecule has 1 aliphatic carbocycles. The molecule has 4 nitrogen and oxygen atoms in total. The van der Waals surface area contributed by atoms with Crippen molar-refractivity contribution in [2.75, 3.05) is 5.75 Å². The first-order chi connectivity index (χ1) is 10.0. The summed E-state index contributed by atoms with van der Waals surface area (Å²) in [7, 11) is 0. The fourth-order valence-electron chi connectivity index (χ4n) is 2.56. The van der Waals surface area contributed by atoms with Crippen LogP contribution in [-0.4, -0.2) is 28.3 Å². The molecular weight excluding hydrogens is 310 g/mol. The van der Waals surface area contributed by atoms with E-state index < -0.39 is 11.5 Å². The Balaban J connectivity index is 1.81. The second-order valence-electron chi connectivity index (χ2n) is 5.27. The van der Waals surface area contributed by atoms with Crippen molar-refractivity contribution in [1.29, 1.82) is 0 Å². The topological polar surface area (TPSA) is 66.4 Å². The van der Waals surface area contributed by atoms with Gasteiger partial charge >= 0.3 is 5.97 Å². The molecule has 114 valence electrons. The Labute approximate surface area is 133 Å². The number of nitrogens with one attached hydrogen (secondary N) is 1. The van der Waals surface area contributed by atoms with Gasteiger partial charge in [-0.2, -0.15) is 0 Å².